The van der Waals surface area contributed by atoms with Crippen LogP contribution in [-0.4, -0.2) is 15.4 Å². The Balaban J connectivity index is 2.25. The summed E-state index contributed by atoms with van der Waals surface area (Å²) in [5, 5.41) is 0. The molecule has 0 saturated carbocycles. The summed E-state index contributed by atoms with van der Waals surface area (Å²) in [7, 11) is 0. The van der Waals surface area contributed by atoms with Gasteiger partial charge in [-0.15, -0.1) is 11.6 Å². The second-order valence-corrected chi connectivity index (χ2v) is 4.36. The first kappa shape index (κ1) is 12.1. The van der Waals surface area contributed by atoms with Gasteiger partial charge in [0, 0.05) is 12.4 Å². The molecule has 2 aromatic rings. The Morgan fingerprint density at radius 3 is 2.82 bits per heavy atom. The molecule has 0 amide bonds. The lowest BCUT2D eigenvalue weighted by Gasteiger charge is -2.08. The average Bonchev–Trinajstić information content (AvgIpc) is 2.37. The first-order valence-electron chi connectivity index (χ1n) is 5.83. The fourth-order valence-corrected chi connectivity index (χ4v) is 2.08. The van der Waals surface area contributed by atoms with Gasteiger partial charge >= 0.3 is 0 Å². The second kappa shape index (κ2) is 5.82. The van der Waals surface area contributed by atoms with Crippen molar-refractivity contribution in [2.75, 3.05) is 5.88 Å². The Bertz CT molecular complexity index is 550. The van der Waals surface area contributed by atoms with Crippen LogP contribution in [0.15, 0.2) is 35.3 Å². The summed E-state index contributed by atoms with van der Waals surface area (Å²) in [4.78, 5) is 15.9. The van der Waals surface area contributed by atoms with Crippen molar-refractivity contribution in [3.63, 3.8) is 0 Å². The van der Waals surface area contributed by atoms with Crippen LogP contribution in [0.2, 0.25) is 0 Å². The number of alkyl halides is 1. The Morgan fingerprint density at radius 2 is 2.00 bits per heavy atom. The van der Waals surface area contributed by atoms with Crippen molar-refractivity contribution in [2.45, 2.75) is 25.8 Å². The summed E-state index contributed by atoms with van der Waals surface area (Å²) in [6.45, 7) is 0.735. The first-order valence-corrected chi connectivity index (χ1v) is 6.37. The van der Waals surface area contributed by atoms with Crippen molar-refractivity contribution in [3.8, 4) is 0 Å². The molecule has 1 heterocycles. The van der Waals surface area contributed by atoms with Crippen molar-refractivity contribution in [1.29, 1.82) is 0 Å². The molecule has 0 atom stereocenters. The standard InChI is InChI=1S/C13H15ClN2O/c14-8-4-1-5-9-16-12-7-3-2-6-11(12)15-10-13(16)17/h2-3,6-7,10H,1,4-5,8-9H2. The van der Waals surface area contributed by atoms with Crippen LogP contribution in [0.25, 0.3) is 11.0 Å². The molecule has 3 nitrogen and oxygen atoms in total. The summed E-state index contributed by atoms with van der Waals surface area (Å²) < 4.78 is 1.79. The van der Waals surface area contributed by atoms with E-state index in [0.717, 1.165) is 36.8 Å². The molecule has 0 unspecified atom stereocenters. The maximum Gasteiger partial charge on any atom is 0.269 e. The van der Waals surface area contributed by atoms with E-state index in [4.69, 9.17) is 11.6 Å². The number of rotatable bonds is 5. The van der Waals surface area contributed by atoms with Gasteiger partial charge in [0.1, 0.15) is 0 Å². The largest absolute Gasteiger partial charge is 0.305 e. The molecule has 0 saturated heterocycles. The maximum atomic E-state index is 11.8. The molecule has 1 aromatic heterocycles. The minimum absolute atomic E-state index is 0.0328. The number of hydrogen-bond acceptors (Lipinski definition) is 2. The molecule has 0 radical (unpaired) electrons. The van der Waals surface area contributed by atoms with Crippen molar-refractivity contribution in [2.24, 2.45) is 0 Å². The summed E-state index contributed by atoms with van der Waals surface area (Å²) in [5.74, 6) is 0.686. The summed E-state index contributed by atoms with van der Waals surface area (Å²) >= 11 is 5.63. The van der Waals surface area contributed by atoms with E-state index in [1.54, 1.807) is 4.57 Å². The van der Waals surface area contributed by atoms with E-state index in [2.05, 4.69) is 4.98 Å². The van der Waals surface area contributed by atoms with Crippen LogP contribution < -0.4 is 5.56 Å². The molecule has 1 aromatic carbocycles. The molecule has 2 rings (SSSR count). The van der Waals surface area contributed by atoms with E-state index in [9.17, 15) is 4.79 Å². The van der Waals surface area contributed by atoms with E-state index < -0.39 is 0 Å². The lowest BCUT2D eigenvalue weighted by Crippen LogP contribution is -2.20. The van der Waals surface area contributed by atoms with Gasteiger partial charge in [0.15, 0.2) is 0 Å². The molecule has 0 spiro atoms. The molecule has 90 valence electrons. The Labute approximate surface area is 105 Å². The van der Waals surface area contributed by atoms with Crippen molar-refractivity contribution >= 4 is 22.6 Å². The van der Waals surface area contributed by atoms with Crippen LogP contribution in [0.5, 0.6) is 0 Å². The van der Waals surface area contributed by atoms with E-state index in [1.807, 2.05) is 24.3 Å². The molecular formula is C13H15ClN2O. The average molecular weight is 251 g/mol. The first-order chi connectivity index (χ1) is 8.33. The smallest absolute Gasteiger partial charge is 0.269 e. The Morgan fingerprint density at radius 1 is 1.18 bits per heavy atom. The maximum absolute atomic E-state index is 11.8. The molecule has 0 fully saturated rings. The zero-order valence-corrected chi connectivity index (χ0v) is 10.4. The summed E-state index contributed by atoms with van der Waals surface area (Å²) in [6, 6.07) is 7.71. The van der Waals surface area contributed by atoms with Crippen LogP contribution in [0, 0.1) is 0 Å². The number of unbranched alkanes of at least 4 members (excludes halogenated alkanes) is 2. The van der Waals surface area contributed by atoms with Gasteiger partial charge in [0.25, 0.3) is 5.56 Å². The van der Waals surface area contributed by atoms with Gasteiger partial charge in [0.2, 0.25) is 0 Å². The fourth-order valence-electron chi connectivity index (χ4n) is 1.89. The number of aryl methyl sites for hydroxylation is 1. The summed E-state index contributed by atoms with van der Waals surface area (Å²) in [6.07, 6.45) is 4.41. The highest BCUT2D eigenvalue weighted by atomic mass is 35.5. The number of nitrogens with zero attached hydrogens (tertiary/aromatic N) is 2. The van der Waals surface area contributed by atoms with E-state index in [0.29, 0.717) is 5.88 Å². The minimum atomic E-state index is -0.0328. The molecule has 0 aliphatic carbocycles. The highest BCUT2D eigenvalue weighted by molar-refractivity contribution is 6.17. The van der Waals surface area contributed by atoms with Crippen LogP contribution >= 0.6 is 11.6 Å². The third-order valence-corrected chi connectivity index (χ3v) is 3.04. The number of halogens is 1. The van der Waals surface area contributed by atoms with Crippen molar-refractivity contribution in [3.05, 3.63) is 40.8 Å². The number of para-hydroxylation sites is 2. The van der Waals surface area contributed by atoms with Crippen molar-refractivity contribution in [1.82, 2.24) is 9.55 Å². The molecule has 4 heteroatoms. The van der Waals surface area contributed by atoms with Crippen LogP contribution in [-0.2, 0) is 6.54 Å². The number of benzene rings is 1. The van der Waals surface area contributed by atoms with Crippen LogP contribution in [0.4, 0.5) is 0 Å². The topological polar surface area (TPSA) is 34.9 Å². The molecule has 0 aliphatic heterocycles. The van der Waals surface area contributed by atoms with Gasteiger partial charge in [0.05, 0.1) is 17.2 Å². The van der Waals surface area contributed by atoms with E-state index >= 15 is 0 Å². The van der Waals surface area contributed by atoms with Gasteiger partial charge in [-0.3, -0.25) is 4.79 Å². The van der Waals surface area contributed by atoms with Gasteiger partial charge in [-0.25, -0.2) is 4.98 Å². The Hall–Kier alpha value is -1.35. The fraction of sp³-hybridized carbons (Fsp3) is 0.385. The minimum Gasteiger partial charge on any atom is -0.305 e. The Kier molecular flexibility index (Phi) is 4.15. The van der Waals surface area contributed by atoms with Gasteiger partial charge in [-0.1, -0.05) is 18.6 Å². The highest BCUT2D eigenvalue weighted by Gasteiger charge is 2.02. The number of aromatic nitrogens is 2. The zero-order chi connectivity index (χ0) is 12.1. The van der Waals surface area contributed by atoms with E-state index in [-0.39, 0.29) is 5.56 Å². The quantitative estimate of drug-likeness (QED) is 0.604. The van der Waals surface area contributed by atoms with Gasteiger partial charge in [-0.2, -0.15) is 0 Å². The highest BCUT2D eigenvalue weighted by Crippen LogP contribution is 2.09. The second-order valence-electron chi connectivity index (χ2n) is 3.99. The van der Waals surface area contributed by atoms with Gasteiger partial charge in [-0.05, 0) is 25.0 Å². The number of fused-ring (bicyclic) bond motifs is 1. The third kappa shape index (κ3) is 2.86. The zero-order valence-electron chi connectivity index (χ0n) is 9.60. The lowest BCUT2D eigenvalue weighted by atomic mass is 10.2. The van der Waals surface area contributed by atoms with Crippen molar-refractivity contribution < 1.29 is 0 Å². The third-order valence-electron chi connectivity index (χ3n) is 2.77. The molecule has 17 heavy (non-hydrogen) atoms. The van der Waals surface area contributed by atoms with E-state index in [1.165, 1.54) is 6.20 Å². The molecule has 0 N–H and O–H groups in total. The SMILES string of the molecule is O=c1cnc2ccccc2n1CCCCCCl. The normalized spacial score (nSPS) is 10.9. The monoisotopic (exact) mass is 250 g/mol. The van der Waals surface area contributed by atoms with Gasteiger partial charge < -0.3 is 4.57 Å². The molecule has 0 aliphatic rings. The predicted octanol–water partition coefficient (Wildman–Crippen LogP) is 2.81. The van der Waals surface area contributed by atoms with Crippen LogP contribution in [0.3, 0.4) is 0 Å². The lowest BCUT2D eigenvalue weighted by molar-refractivity contribution is 0.602. The summed E-state index contributed by atoms with van der Waals surface area (Å²) in [5.41, 5.74) is 1.74. The molecular weight excluding hydrogens is 236 g/mol. The predicted molar refractivity (Wildman–Crippen MR) is 70.6 cm³/mol. The number of hydrogen-bond donors (Lipinski definition) is 0. The molecule has 0 bridgehead atoms. The van der Waals surface area contributed by atoms with Crippen LogP contribution in [0.1, 0.15) is 19.3 Å².